The minimum atomic E-state index is -1.90. The summed E-state index contributed by atoms with van der Waals surface area (Å²) in [6.45, 7) is 5.82. The van der Waals surface area contributed by atoms with Crippen LogP contribution in [-0.4, -0.2) is 18.5 Å². The van der Waals surface area contributed by atoms with Crippen LogP contribution in [0.3, 0.4) is 0 Å². The van der Waals surface area contributed by atoms with Gasteiger partial charge < -0.3 is 0 Å². The molecule has 2 unspecified atom stereocenters. The monoisotopic (exact) mass is 194 g/mol. The molecular weight excluding hydrogens is 177 g/mol. The summed E-state index contributed by atoms with van der Waals surface area (Å²) in [4.78, 5) is 0. The number of hydrogen-bond donors (Lipinski definition) is 0. The predicted octanol–water partition coefficient (Wildman–Crippen LogP) is 3.46. The molecule has 2 atom stereocenters. The average Bonchev–Trinajstić information content (AvgIpc) is 1.97. The number of alkyl halides is 3. The van der Waals surface area contributed by atoms with Gasteiger partial charge in [-0.2, -0.15) is 0 Å². The molecule has 0 bridgehead atoms. The van der Waals surface area contributed by atoms with Crippen LogP contribution in [0.4, 0.5) is 13.2 Å². The van der Waals surface area contributed by atoms with Crippen LogP contribution in [0.15, 0.2) is 0 Å². The second-order valence-corrected chi connectivity index (χ2v) is 5.01. The Kier molecular flexibility index (Phi) is 2.93. The van der Waals surface area contributed by atoms with E-state index in [-0.39, 0.29) is 24.2 Å². The maximum Gasteiger partial charge on any atom is 0.162 e. The Morgan fingerprint density at radius 3 is 1.62 bits per heavy atom. The topological polar surface area (TPSA) is 0 Å². The fourth-order valence-corrected chi connectivity index (χ4v) is 1.83. The molecule has 0 nitrogen and oxygen atoms in total. The molecule has 0 amide bonds. The molecule has 1 fully saturated rings. The van der Waals surface area contributed by atoms with Gasteiger partial charge in [0.2, 0.25) is 0 Å². The molecule has 0 aromatic heterocycles. The number of rotatable bonds is 0. The summed E-state index contributed by atoms with van der Waals surface area (Å²) in [5.41, 5.74) is -0.130. The first kappa shape index (κ1) is 10.9. The maximum atomic E-state index is 13.0. The van der Waals surface area contributed by atoms with Gasteiger partial charge in [0.15, 0.2) is 6.17 Å². The van der Waals surface area contributed by atoms with Crippen LogP contribution in [0.5, 0.6) is 0 Å². The molecule has 78 valence electrons. The zero-order valence-corrected chi connectivity index (χ0v) is 8.36. The van der Waals surface area contributed by atoms with Crippen LogP contribution < -0.4 is 0 Å². The Balaban J connectivity index is 2.64. The van der Waals surface area contributed by atoms with Crippen molar-refractivity contribution in [3.05, 3.63) is 0 Å². The predicted molar refractivity (Wildman–Crippen MR) is 46.9 cm³/mol. The van der Waals surface area contributed by atoms with Gasteiger partial charge in [0.1, 0.15) is 12.3 Å². The molecule has 1 aliphatic rings. The van der Waals surface area contributed by atoms with Crippen molar-refractivity contribution in [2.45, 2.75) is 52.1 Å². The van der Waals surface area contributed by atoms with Gasteiger partial charge >= 0.3 is 0 Å². The standard InChI is InChI=1S/C10H17F3/c1-10(2,3)6-4-7(11)9(13)8(12)5-6/h6-9H,4-5H2,1-3H3. The zero-order valence-electron chi connectivity index (χ0n) is 8.36. The van der Waals surface area contributed by atoms with Crippen molar-refractivity contribution in [3.8, 4) is 0 Å². The third-order valence-electron chi connectivity index (χ3n) is 2.94. The van der Waals surface area contributed by atoms with E-state index in [1.165, 1.54) is 0 Å². The first-order valence-electron chi connectivity index (χ1n) is 4.74. The molecule has 1 aliphatic carbocycles. The van der Waals surface area contributed by atoms with Gasteiger partial charge in [-0.25, -0.2) is 13.2 Å². The second-order valence-electron chi connectivity index (χ2n) is 5.01. The van der Waals surface area contributed by atoms with E-state index in [2.05, 4.69) is 0 Å². The molecule has 0 heterocycles. The van der Waals surface area contributed by atoms with Crippen molar-refractivity contribution in [2.75, 3.05) is 0 Å². The van der Waals surface area contributed by atoms with Crippen molar-refractivity contribution >= 4 is 0 Å². The van der Waals surface area contributed by atoms with Gasteiger partial charge in [0.25, 0.3) is 0 Å². The maximum absolute atomic E-state index is 13.0. The first-order chi connectivity index (χ1) is 5.82. The summed E-state index contributed by atoms with van der Waals surface area (Å²) >= 11 is 0. The third-order valence-corrected chi connectivity index (χ3v) is 2.94. The quantitative estimate of drug-likeness (QED) is 0.554. The van der Waals surface area contributed by atoms with Crippen molar-refractivity contribution in [3.63, 3.8) is 0 Å². The van der Waals surface area contributed by atoms with Crippen LogP contribution in [0, 0.1) is 11.3 Å². The summed E-state index contributed by atoms with van der Waals surface area (Å²) in [5.74, 6) is -0.0514. The SMILES string of the molecule is CC(C)(C)C1CC(F)C(F)C(F)C1. The fourth-order valence-electron chi connectivity index (χ4n) is 1.83. The van der Waals surface area contributed by atoms with Crippen molar-refractivity contribution in [2.24, 2.45) is 11.3 Å². The molecule has 0 N–H and O–H groups in total. The van der Waals surface area contributed by atoms with Crippen molar-refractivity contribution in [1.82, 2.24) is 0 Å². The summed E-state index contributed by atoms with van der Waals surface area (Å²) in [6.07, 6.45) is -4.82. The minimum absolute atomic E-state index is 0.0514. The van der Waals surface area contributed by atoms with E-state index in [4.69, 9.17) is 0 Å². The molecule has 1 saturated carbocycles. The van der Waals surface area contributed by atoms with E-state index in [1.807, 2.05) is 20.8 Å². The Morgan fingerprint density at radius 1 is 0.923 bits per heavy atom. The molecule has 13 heavy (non-hydrogen) atoms. The number of halogens is 3. The lowest BCUT2D eigenvalue weighted by Crippen LogP contribution is -2.41. The largest absolute Gasteiger partial charge is 0.244 e. The fraction of sp³-hybridized carbons (Fsp3) is 1.00. The summed E-state index contributed by atoms with van der Waals surface area (Å²) in [7, 11) is 0. The zero-order chi connectivity index (χ0) is 10.2. The minimum Gasteiger partial charge on any atom is -0.244 e. The summed E-state index contributed by atoms with van der Waals surface area (Å²) in [5, 5.41) is 0. The van der Waals surface area contributed by atoms with Crippen LogP contribution >= 0.6 is 0 Å². The second kappa shape index (κ2) is 3.50. The van der Waals surface area contributed by atoms with E-state index in [9.17, 15) is 13.2 Å². The summed E-state index contributed by atoms with van der Waals surface area (Å²) < 4.78 is 38.8. The Bertz CT molecular complexity index is 161. The van der Waals surface area contributed by atoms with Gasteiger partial charge in [0.05, 0.1) is 0 Å². The molecule has 0 spiro atoms. The van der Waals surface area contributed by atoms with Gasteiger partial charge in [0, 0.05) is 0 Å². The highest BCUT2D eigenvalue weighted by atomic mass is 19.2. The highest BCUT2D eigenvalue weighted by molar-refractivity contribution is 4.90. The van der Waals surface area contributed by atoms with E-state index in [0.29, 0.717) is 0 Å². The molecule has 0 aliphatic heterocycles. The lowest BCUT2D eigenvalue weighted by atomic mass is 9.71. The summed E-state index contributed by atoms with van der Waals surface area (Å²) in [6, 6.07) is 0. The normalized spacial score (nSPS) is 42.0. The molecular formula is C10H17F3. The molecule has 0 saturated heterocycles. The number of hydrogen-bond acceptors (Lipinski definition) is 0. The van der Waals surface area contributed by atoms with Crippen LogP contribution in [0.2, 0.25) is 0 Å². The molecule has 0 aromatic carbocycles. The van der Waals surface area contributed by atoms with Crippen LogP contribution in [0.25, 0.3) is 0 Å². The van der Waals surface area contributed by atoms with Gasteiger partial charge in [-0.05, 0) is 24.2 Å². The smallest absolute Gasteiger partial charge is 0.162 e. The Morgan fingerprint density at radius 2 is 1.31 bits per heavy atom. The van der Waals surface area contributed by atoms with Gasteiger partial charge in [-0.3, -0.25) is 0 Å². The van der Waals surface area contributed by atoms with E-state index in [1.54, 1.807) is 0 Å². The van der Waals surface area contributed by atoms with Gasteiger partial charge in [-0.1, -0.05) is 20.8 Å². The lowest BCUT2D eigenvalue weighted by molar-refractivity contribution is -0.0108. The Labute approximate surface area is 77.5 Å². The van der Waals surface area contributed by atoms with Crippen molar-refractivity contribution < 1.29 is 13.2 Å². The average molecular weight is 194 g/mol. The molecule has 3 heteroatoms. The lowest BCUT2D eigenvalue weighted by Gasteiger charge is -2.38. The molecule has 0 aromatic rings. The Hall–Kier alpha value is -0.210. The van der Waals surface area contributed by atoms with Gasteiger partial charge in [-0.15, -0.1) is 0 Å². The molecule has 1 rings (SSSR count). The van der Waals surface area contributed by atoms with Crippen molar-refractivity contribution in [1.29, 1.82) is 0 Å². The van der Waals surface area contributed by atoms with Crippen LogP contribution in [-0.2, 0) is 0 Å². The highest BCUT2D eigenvalue weighted by Gasteiger charge is 2.42. The van der Waals surface area contributed by atoms with E-state index in [0.717, 1.165) is 0 Å². The molecule has 0 radical (unpaired) electrons. The first-order valence-corrected chi connectivity index (χ1v) is 4.74. The van der Waals surface area contributed by atoms with Crippen LogP contribution in [0.1, 0.15) is 33.6 Å². The third kappa shape index (κ3) is 2.38. The van der Waals surface area contributed by atoms with E-state index >= 15 is 0 Å². The highest BCUT2D eigenvalue weighted by Crippen LogP contribution is 2.40. The van der Waals surface area contributed by atoms with E-state index < -0.39 is 18.5 Å².